The normalized spacial score (nSPS) is 20.5. The van der Waals surface area contributed by atoms with E-state index in [1.54, 1.807) is 18.1 Å². The predicted octanol–water partition coefficient (Wildman–Crippen LogP) is 2.73. The van der Waals surface area contributed by atoms with Crippen LogP contribution in [0, 0.1) is 0 Å². The van der Waals surface area contributed by atoms with Gasteiger partial charge in [0.05, 0.1) is 18.8 Å². The first-order chi connectivity index (χ1) is 11.7. The zero-order chi connectivity index (χ0) is 17.1. The molecule has 1 aliphatic heterocycles. The summed E-state index contributed by atoms with van der Waals surface area (Å²) in [5.74, 6) is 0.758. The Morgan fingerprint density at radius 1 is 1.29 bits per heavy atom. The van der Waals surface area contributed by atoms with Gasteiger partial charge < -0.3 is 19.2 Å². The van der Waals surface area contributed by atoms with E-state index >= 15 is 0 Å². The van der Waals surface area contributed by atoms with Gasteiger partial charge in [-0.1, -0.05) is 31.2 Å². The lowest BCUT2D eigenvalue weighted by atomic mass is 10.1. The van der Waals surface area contributed by atoms with Crippen molar-refractivity contribution >= 4 is 5.91 Å². The number of likely N-dealkylation sites (tertiary alicyclic amines) is 1. The van der Waals surface area contributed by atoms with Crippen LogP contribution in [0.5, 0.6) is 0 Å². The van der Waals surface area contributed by atoms with Crippen LogP contribution in [-0.2, 0) is 11.2 Å². The third-order valence-electron chi connectivity index (χ3n) is 4.64. The summed E-state index contributed by atoms with van der Waals surface area (Å²) in [6, 6.07) is 11.4. The first-order valence-electron chi connectivity index (χ1n) is 8.30. The molecule has 1 aliphatic rings. The molecule has 2 heterocycles. The fourth-order valence-electron chi connectivity index (χ4n) is 3.12. The van der Waals surface area contributed by atoms with E-state index in [2.05, 4.69) is 19.1 Å². The number of amides is 1. The van der Waals surface area contributed by atoms with E-state index in [9.17, 15) is 9.90 Å². The summed E-state index contributed by atoms with van der Waals surface area (Å²) in [5.41, 5.74) is 2.20. The highest BCUT2D eigenvalue weighted by atomic mass is 16.5. The fraction of sp³-hybridized carbons (Fsp3) is 0.421. The molecule has 1 aromatic heterocycles. The number of hydrogen-bond acceptors (Lipinski definition) is 4. The SMILES string of the molecule is CCc1ccc(-c2ccc(C(=O)N3C[C@H](OC)C[C@H]3CO)o2)cc1. The van der Waals surface area contributed by atoms with Gasteiger partial charge in [-0.2, -0.15) is 0 Å². The second-order valence-electron chi connectivity index (χ2n) is 6.10. The minimum Gasteiger partial charge on any atom is -0.451 e. The van der Waals surface area contributed by atoms with Gasteiger partial charge in [0, 0.05) is 19.2 Å². The minimum absolute atomic E-state index is 0.0397. The number of carbonyl (C=O) groups is 1. The van der Waals surface area contributed by atoms with Crippen LogP contribution in [0.3, 0.4) is 0 Å². The number of furan rings is 1. The molecule has 0 saturated carbocycles. The van der Waals surface area contributed by atoms with E-state index in [-0.39, 0.29) is 24.7 Å². The molecule has 0 radical (unpaired) electrons. The number of hydrogen-bond donors (Lipinski definition) is 1. The zero-order valence-corrected chi connectivity index (χ0v) is 14.1. The maximum Gasteiger partial charge on any atom is 0.290 e. The number of aliphatic hydroxyl groups is 1. The number of benzene rings is 1. The Balaban J connectivity index is 1.78. The average Bonchev–Trinajstić information content (AvgIpc) is 3.28. The van der Waals surface area contributed by atoms with Crippen LogP contribution in [0.25, 0.3) is 11.3 Å². The molecule has 0 aliphatic carbocycles. The summed E-state index contributed by atoms with van der Waals surface area (Å²) in [6.07, 6.45) is 1.59. The summed E-state index contributed by atoms with van der Waals surface area (Å²) in [6.45, 7) is 2.51. The molecule has 1 saturated heterocycles. The molecule has 2 atom stereocenters. The largest absolute Gasteiger partial charge is 0.451 e. The molecule has 1 aromatic carbocycles. The van der Waals surface area contributed by atoms with Gasteiger partial charge in [-0.05, 0) is 30.5 Å². The number of methoxy groups -OCH3 is 1. The first kappa shape index (κ1) is 16.7. The van der Waals surface area contributed by atoms with Gasteiger partial charge in [0.1, 0.15) is 5.76 Å². The number of nitrogens with zero attached hydrogens (tertiary/aromatic N) is 1. The van der Waals surface area contributed by atoms with Crippen LogP contribution < -0.4 is 0 Å². The molecule has 1 fully saturated rings. The summed E-state index contributed by atoms with van der Waals surface area (Å²) in [7, 11) is 1.62. The number of aliphatic hydroxyl groups excluding tert-OH is 1. The van der Waals surface area contributed by atoms with Crippen LogP contribution in [0.2, 0.25) is 0 Å². The Morgan fingerprint density at radius 3 is 2.67 bits per heavy atom. The lowest BCUT2D eigenvalue weighted by Crippen LogP contribution is -2.37. The van der Waals surface area contributed by atoms with Crippen molar-refractivity contribution in [1.29, 1.82) is 0 Å². The van der Waals surface area contributed by atoms with Gasteiger partial charge in [-0.15, -0.1) is 0 Å². The maximum atomic E-state index is 12.7. The molecule has 2 aromatic rings. The number of carbonyl (C=O) groups excluding carboxylic acids is 1. The molecule has 3 rings (SSSR count). The molecule has 5 nitrogen and oxygen atoms in total. The van der Waals surface area contributed by atoms with Crippen molar-refractivity contribution in [2.24, 2.45) is 0 Å². The molecule has 0 spiro atoms. The monoisotopic (exact) mass is 329 g/mol. The van der Waals surface area contributed by atoms with Gasteiger partial charge in [0.15, 0.2) is 5.76 Å². The van der Waals surface area contributed by atoms with Crippen molar-refractivity contribution in [2.75, 3.05) is 20.3 Å². The van der Waals surface area contributed by atoms with E-state index < -0.39 is 0 Å². The van der Waals surface area contributed by atoms with Crippen LogP contribution in [0.1, 0.15) is 29.5 Å². The van der Waals surface area contributed by atoms with Crippen molar-refractivity contribution in [3.63, 3.8) is 0 Å². The average molecular weight is 329 g/mol. The molecule has 24 heavy (non-hydrogen) atoms. The van der Waals surface area contributed by atoms with Gasteiger partial charge in [-0.25, -0.2) is 0 Å². The number of rotatable bonds is 5. The van der Waals surface area contributed by atoms with Gasteiger partial charge in [0.25, 0.3) is 5.91 Å². The molecular weight excluding hydrogens is 306 g/mol. The molecule has 5 heteroatoms. The highest BCUT2D eigenvalue weighted by Gasteiger charge is 2.36. The highest BCUT2D eigenvalue weighted by Crippen LogP contribution is 2.26. The molecule has 1 N–H and O–H groups in total. The van der Waals surface area contributed by atoms with E-state index in [1.807, 2.05) is 18.2 Å². The standard InChI is InChI=1S/C19H23NO4/c1-3-13-4-6-14(7-5-13)17-8-9-18(24-17)19(22)20-11-16(23-2)10-15(20)12-21/h4-9,15-16,21H,3,10-12H2,1-2H3/t15-,16+/m0/s1. The quantitative estimate of drug-likeness (QED) is 0.916. The van der Waals surface area contributed by atoms with Crippen molar-refractivity contribution in [3.8, 4) is 11.3 Å². The highest BCUT2D eigenvalue weighted by molar-refractivity contribution is 5.92. The van der Waals surface area contributed by atoms with Crippen molar-refractivity contribution in [2.45, 2.75) is 31.9 Å². The summed E-state index contributed by atoms with van der Waals surface area (Å²) < 4.78 is 11.1. The molecule has 128 valence electrons. The van der Waals surface area contributed by atoms with Gasteiger partial charge >= 0.3 is 0 Å². The molecular formula is C19H23NO4. The van der Waals surface area contributed by atoms with E-state index in [0.29, 0.717) is 24.5 Å². The smallest absolute Gasteiger partial charge is 0.290 e. The van der Waals surface area contributed by atoms with Crippen LogP contribution >= 0.6 is 0 Å². The Morgan fingerprint density at radius 2 is 2.04 bits per heavy atom. The van der Waals surface area contributed by atoms with Crippen molar-refractivity contribution in [1.82, 2.24) is 4.90 Å². The van der Waals surface area contributed by atoms with E-state index in [4.69, 9.17) is 9.15 Å². The lowest BCUT2D eigenvalue weighted by Gasteiger charge is -2.21. The van der Waals surface area contributed by atoms with Crippen LogP contribution in [-0.4, -0.2) is 48.3 Å². The summed E-state index contributed by atoms with van der Waals surface area (Å²) >= 11 is 0. The van der Waals surface area contributed by atoms with Crippen molar-refractivity contribution in [3.05, 3.63) is 47.7 Å². The Hall–Kier alpha value is -2.11. The summed E-state index contributed by atoms with van der Waals surface area (Å²) in [4.78, 5) is 14.3. The zero-order valence-electron chi connectivity index (χ0n) is 14.1. The number of ether oxygens (including phenoxy) is 1. The van der Waals surface area contributed by atoms with Crippen LogP contribution in [0.15, 0.2) is 40.8 Å². The molecule has 0 bridgehead atoms. The Labute approximate surface area is 141 Å². The lowest BCUT2D eigenvalue weighted by molar-refractivity contribution is 0.0618. The molecule has 1 amide bonds. The van der Waals surface area contributed by atoms with Gasteiger partial charge in [-0.3, -0.25) is 4.79 Å². The summed E-state index contributed by atoms with van der Waals surface area (Å²) in [5, 5.41) is 9.50. The third-order valence-corrected chi connectivity index (χ3v) is 4.64. The molecule has 0 unspecified atom stereocenters. The Bertz CT molecular complexity index is 692. The maximum absolute atomic E-state index is 12.7. The topological polar surface area (TPSA) is 62.9 Å². The second-order valence-corrected chi connectivity index (χ2v) is 6.10. The van der Waals surface area contributed by atoms with Crippen LogP contribution in [0.4, 0.5) is 0 Å². The third kappa shape index (κ3) is 3.23. The van der Waals surface area contributed by atoms with Crippen molar-refractivity contribution < 1.29 is 19.1 Å². The Kier molecular flexibility index (Phi) is 5.02. The predicted molar refractivity (Wildman–Crippen MR) is 90.8 cm³/mol. The minimum atomic E-state index is -0.222. The number of aryl methyl sites for hydroxylation is 1. The van der Waals surface area contributed by atoms with Gasteiger partial charge in [0.2, 0.25) is 0 Å². The fourth-order valence-corrected chi connectivity index (χ4v) is 3.12. The van der Waals surface area contributed by atoms with E-state index in [0.717, 1.165) is 12.0 Å². The van der Waals surface area contributed by atoms with E-state index in [1.165, 1.54) is 5.56 Å². The second kappa shape index (κ2) is 7.20. The first-order valence-corrected chi connectivity index (χ1v) is 8.30.